The van der Waals surface area contributed by atoms with Crippen LogP contribution in [0, 0.1) is 34.9 Å². The fourth-order valence-electron chi connectivity index (χ4n) is 13.5. The minimum absolute atomic E-state index is 0.172. The van der Waals surface area contributed by atoms with Crippen LogP contribution in [-0.2, 0) is 40.1 Å². The predicted molar refractivity (Wildman–Crippen MR) is 422 cm³/mol. The number of carbonyl (C=O) groups excluding carboxylic acids is 2. The Balaban J connectivity index is 0.000000141. The van der Waals surface area contributed by atoms with E-state index in [4.69, 9.17) is 15.2 Å². The highest BCUT2D eigenvalue weighted by atomic mass is 32.2. The van der Waals surface area contributed by atoms with Gasteiger partial charge < -0.3 is 61.4 Å². The molecule has 2 amide bonds. The van der Waals surface area contributed by atoms with Gasteiger partial charge >= 0.3 is 0 Å². The zero-order valence-electron chi connectivity index (χ0n) is 61.0. The molecular formula is C80H83F6N19O4S2. The third-order valence-corrected chi connectivity index (χ3v) is 21.4. The molecule has 0 unspecified atom stereocenters. The molecule has 0 bridgehead atoms. The third-order valence-electron chi connectivity index (χ3n) is 19.5. The molecule has 6 aromatic heterocycles. The highest BCUT2D eigenvalue weighted by Crippen LogP contribution is 2.36. The van der Waals surface area contributed by atoms with Gasteiger partial charge in [-0.15, -0.1) is 0 Å². The first kappa shape index (κ1) is 76.8. The molecule has 16 rings (SSSR count). The van der Waals surface area contributed by atoms with Gasteiger partial charge in [-0.25, -0.2) is 41.3 Å². The van der Waals surface area contributed by atoms with Gasteiger partial charge in [-0.2, -0.15) is 15.3 Å². The minimum Gasteiger partial charge on any atom is -0.399 e. The van der Waals surface area contributed by atoms with Crippen LogP contribution < -0.4 is 42.1 Å². The number of rotatable bonds is 21. The number of hydrogen-bond acceptors (Lipinski definition) is 20. The first-order valence-electron chi connectivity index (χ1n) is 36.6. The lowest BCUT2D eigenvalue weighted by molar-refractivity contribution is -0.115. The Bertz CT molecular complexity index is 5180. The number of nitrogen functional groups attached to an aromatic ring is 1. The number of nitrogens with one attached hydrogen (secondary N) is 8. The summed E-state index contributed by atoms with van der Waals surface area (Å²) in [5.74, 6) is -2.68. The van der Waals surface area contributed by atoms with E-state index in [0.29, 0.717) is 115 Å². The molecule has 6 aromatic carbocycles. The van der Waals surface area contributed by atoms with Crippen molar-refractivity contribution in [3.8, 4) is 0 Å². The number of hydrogen-bond donors (Lipinski definition) is 9. The number of benzene rings is 6. The number of H-pyrrole nitrogens is 3. The van der Waals surface area contributed by atoms with Crippen molar-refractivity contribution in [2.75, 3.05) is 135 Å². The van der Waals surface area contributed by atoms with Crippen LogP contribution in [0.5, 0.6) is 0 Å². The number of aromatic amines is 3. The summed E-state index contributed by atoms with van der Waals surface area (Å²) in [4.78, 5) is 50.9. The van der Waals surface area contributed by atoms with Gasteiger partial charge in [0.25, 0.3) is 5.91 Å². The molecule has 12 aromatic rings. The molecule has 31 heteroatoms. The average molecular weight is 1550 g/mol. The van der Waals surface area contributed by atoms with Crippen LogP contribution in [0.1, 0.15) is 58.3 Å². The second kappa shape index (κ2) is 35.8. The van der Waals surface area contributed by atoms with E-state index in [1.54, 1.807) is 48.9 Å². The molecule has 4 aliphatic rings. The van der Waals surface area contributed by atoms with Crippen molar-refractivity contribution in [3.05, 3.63) is 215 Å². The van der Waals surface area contributed by atoms with Crippen molar-refractivity contribution in [2.24, 2.45) is 0 Å². The third kappa shape index (κ3) is 20.5. The molecule has 23 nitrogen and oxygen atoms in total. The number of aromatic nitrogens is 9. The number of nitrogens with zero attached hydrogens (tertiary/aromatic N) is 10. The summed E-state index contributed by atoms with van der Waals surface area (Å²) in [6, 6.07) is 36.2. The molecule has 0 aliphatic carbocycles. The number of fused-ring (bicyclic) bond motifs is 3. The van der Waals surface area contributed by atoms with Crippen molar-refractivity contribution in [3.63, 3.8) is 0 Å². The van der Waals surface area contributed by atoms with Gasteiger partial charge in [0.15, 0.2) is 22.8 Å². The molecule has 10 N–H and O–H groups in total. The number of aryl methyl sites for hydroxylation is 2. The maximum atomic E-state index is 13.7. The Hall–Kier alpha value is -11.0. The summed E-state index contributed by atoms with van der Waals surface area (Å²) in [7, 11) is 4.30. The normalized spacial score (nSPS) is 15.2. The Morgan fingerprint density at radius 3 is 1.58 bits per heavy atom. The quantitative estimate of drug-likeness (QED) is 0.0239. The molecule has 4 fully saturated rings. The Labute approximate surface area is 644 Å². The number of halogens is 6. The highest BCUT2D eigenvalue weighted by molar-refractivity contribution is 7.99. The Kier molecular flexibility index (Phi) is 24.8. The molecule has 4 aliphatic heterocycles. The number of nitrogens with two attached hydrogens (primary N) is 1. The first-order chi connectivity index (χ1) is 53.9. The molecule has 4 saturated heterocycles. The van der Waals surface area contributed by atoms with Gasteiger partial charge in [-0.3, -0.25) is 24.9 Å². The Morgan fingerprint density at radius 1 is 0.495 bits per heavy atom. The SMILES string of the molecule is CN1CCN(c2ccc(C(=O)Nc3[nH]nc4ncc(CCc5cc(F)cc(F)c5)cc34)c(NC3CCOCC3)c2)CC1.CN1CCN(c2ccc(CNc3n[nH]c4ncc(Sc5cc(F)cc(F)c5)cc34)c(NC3CCOCC3)c2)CC1.Nc1ccc(CC(=O)Nc2[nH]nc3ncc(Sc4cc(F)cc(F)c4)cc23)cc1. The number of ether oxygens (including phenoxy) is 2. The summed E-state index contributed by atoms with van der Waals surface area (Å²) < 4.78 is 92.5. The monoisotopic (exact) mass is 1550 g/mol. The standard InChI is InChI=1S/C31H35F2N7O2.C29H33F2N7OS.C20H15F2N5OS/c1-39-8-10-40(11-9-39)25-4-5-26(28(18-25)35-24-6-12-42-13-7-24)31(41)36-30-27-16-21(19-34-29(27)37-38-30)3-2-20-14-22(32)17-23(33)15-20;1-37-6-8-38(9-7-37)23-3-2-19(27(15-23)34-22-4-10-39-11-5-22)17-32-28-26-16-25(18-33-29(26)36-35-28)40-24-13-20(30)12-21(31)14-24;21-12-6-13(22)8-15(7-12)29-16-9-17-19(24-10-16)26-27-20(17)25-18(28)5-11-1-3-14(23)4-2-11/h4-5,14-19,24,35H,2-3,6-13H2,1H3,(H2,34,36,37,38,41);2-3,12-16,18,22,34H,4-11,17H2,1H3,(H2,32,33,35,36);1-4,6-10H,5,23H2,(H2,24,25,26,27,28). The number of carbonyl (C=O) groups is 2. The lowest BCUT2D eigenvalue weighted by Gasteiger charge is -2.34. The summed E-state index contributed by atoms with van der Waals surface area (Å²) in [5, 5.41) is 40.2. The van der Waals surface area contributed by atoms with E-state index < -0.39 is 34.9 Å². The largest absolute Gasteiger partial charge is 0.399 e. The fraction of sp³-hybridized carbons (Fsp3) is 0.300. The van der Waals surface area contributed by atoms with Crippen LogP contribution in [-0.4, -0.2) is 172 Å². The van der Waals surface area contributed by atoms with Crippen LogP contribution in [0.3, 0.4) is 0 Å². The molecular weight excluding hydrogens is 1470 g/mol. The second-order valence-corrected chi connectivity index (χ2v) is 30.1. The van der Waals surface area contributed by atoms with E-state index in [9.17, 15) is 35.9 Å². The van der Waals surface area contributed by atoms with Crippen molar-refractivity contribution in [1.82, 2.24) is 55.3 Å². The van der Waals surface area contributed by atoms with Crippen LogP contribution in [0.4, 0.5) is 72.2 Å². The fourth-order valence-corrected chi connectivity index (χ4v) is 15.3. The zero-order valence-corrected chi connectivity index (χ0v) is 62.6. The van der Waals surface area contributed by atoms with E-state index in [0.717, 1.165) is 165 Å². The first-order valence-corrected chi connectivity index (χ1v) is 38.3. The van der Waals surface area contributed by atoms with Crippen molar-refractivity contribution >= 4 is 114 Å². The van der Waals surface area contributed by atoms with E-state index in [1.165, 1.54) is 53.8 Å². The second-order valence-electron chi connectivity index (χ2n) is 27.8. The van der Waals surface area contributed by atoms with Gasteiger partial charge in [0.1, 0.15) is 46.5 Å². The van der Waals surface area contributed by atoms with Gasteiger partial charge in [0.05, 0.1) is 28.1 Å². The van der Waals surface area contributed by atoms with Gasteiger partial charge in [-0.1, -0.05) is 41.7 Å². The van der Waals surface area contributed by atoms with Gasteiger partial charge in [0, 0.05) is 182 Å². The summed E-state index contributed by atoms with van der Waals surface area (Å²) in [5.41, 5.74) is 16.0. The maximum Gasteiger partial charge on any atom is 0.258 e. The number of pyridine rings is 3. The molecule has 0 spiro atoms. The van der Waals surface area contributed by atoms with Crippen molar-refractivity contribution in [1.29, 1.82) is 0 Å². The number of amides is 2. The summed E-state index contributed by atoms with van der Waals surface area (Å²) >= 11 is 2.41. The van der Waals surface area contributed by atoms with Crippen LogP contribution in [0.25, 0.3) is 33.1 Å². The molecule has 111 heavy (non-hydrogen) atoms. The predicted octanol–water partition coefficient (Wildman–Crippen LogP) is 14.1. The summed E-state index contributed by atoms with van der Waals surface area (Å²) in [6.45, 7) is 11.5. The molecule has 10 heterocycles. The number of piperazine rings is 2. The van der Waals surface area contributed by atoms with E-state index in [-0.39, 0.29) is 24.3 Å². The Morgan fingerprint density at radius 2 is 0.991 bits per heavy atom. The van der Waals surface area contributed by atoms with Crippen LogP contribution >= 0.6 is 23.5 Å². The lowest BCUT2D eigenvalue weighted by atomic mass is 10.0. The van der Waals surface area contributed by atoms with Gasteiger partial charge in [-0.05, 0) is 172 Å². The van der Waals surface area contributed by atoms with Crippen LogP contribution in [0.15, 0.2) is 172 Å². The molecule has 0 radical (unpaired) electrons. The molecule has 576 valence electrons. The van der Waals surface area contributed by atoms with E-state index >= 15 is 0 Å². The van der Waals surface area contributed by atoms with Crippen molar-refractivity contribution in [2.45, 2.75) is 83.2 Å². The maximum absolute atomic E-state index is 13.7. The number of likely N-dealkylation sites (N-methyl/N-ethyl adjacent to an activating group) is 2. The minimum atomic E-state index is -0.652. The molecule has 0 saturated carbocycles. The van der Waals surface area contributed by atoms with E-state index in [2.05, 4.69) is 130 Å². The average Bonchev–Trinajstić information content (AvgIpc) is 1.49. The van der Waals surface area contributed by atoms with Crippen molar-refractivity contribution < 1.29 is 45.4 Å². The zero-order chi connectivity index (χ0) is 76.9. The van der Waals surface area contributed by atoms with E-state index in [1.807, 2.05) is 24.3 Å². The number of anilines is 8. The topological polar surface area (TPSA) is 276 Å². The summed E-state index contributed by atoms with van der Waals surface area (Å²) in [6.07, 6.45) is 9.78. The molecule has 0 atom stereocenters. The lowest BCUT2D eigenvalue weighted by Crippen LogP contribution is -2.44. The van der Waals surface area contributed by atoms with Crippen LogP contribution in [0.2, 0.25) is 0 Å². The van der Waals surface area contributed by atoms with Gasteiger partial charge in [0.2, 0.25) is 5.91 Å². The highest BCUT2D eigenvalue weighted by Gasteiger charge is 2.25. The smallest absolute Gasteiger partial charge is 0.258 e.